The van der Waals surface area contributed by atoms with Crippen molar-refractivity contribution in [1.29, 1.82) is 0 Å². The molecular weight excluding hydrogens is 262 g/mol. The molecule has 3 N–H and O–H groups in total. The molecule has 0 aliphatic heterocycles. The second kappa shape index (κ2) is 5.18. The van der Waals surface area contributed by atoms with Gasteiger partial charge >= 0.3 is 5.97 Å². The molecule has 15 heavy (non-hydrogen) atoms. The topological polar surface area (TPSA) is 89.1 Å². The van der Waals surface area contributed by atoms with Crippen LogP contribution in [0, 0.1) is 6.92 Å². The smallest absolute Gasteiger partial charge is 0.356 e. The van der Waals surface area contributed by atoms with E-state index in [0.717, 1.165) is 0 Å². The molecule has 5 nitrogen and oxygen atoms in total. The van der Waals surface area contributed by atoms with Crippen LogP contribution in [-0.2, 0) is 6.42 Å². The zero-order chi connectivity index (χ0) is 11.4. The summed E-state index contributed by atoms with van der Waals surface area (Å²) in [6.07, 6.45) is 1.25. The predicted octanol–water partition coefficient (Wildman–Crippen LogP) is 1.14. The Kier molecular flexibility index (Phi) is 4.16. The number of rotatable bonds is 4. The van der Waals surface area contributed by atoms with Gasteiger partial charge in [-0.15, -0.1) is 0 Å². The highest BCUT2D eigenvalue weighted by atomic mass is 79.9. The van der Waals surface area contributed by atoms with Crippen molar-refractivity contribution in [2.45, 2.75) is 19.8 Å². The number of carboxylic acid groups (broad SMARTS) is 1. The molecule has 0 saturated heterocycles. The van der Waals surface area contributed by atoms with Crippen LogP contribution in [0.1, 0.15) is 28.3 Å². The molecule has 6 heteroatoms. The Morgan fingerprint density at radius 2 is 2.20 bits per heavy atom. The van der Waals surface area contributed by atoms with E-state index in [1.807, 2.05) is 0 Å². The Bertz CT molecular complexity index is 382. The molecule has 1 heterocycles. The van der Waals surface area contributed by atoms with Crippen LogP contribution in [0.3, 0.4) is 0 Å². The minimum Gasteiger partial charge on any atom is -0.476 e. The molecule has 82 valence electrons. The van der Waals surface area contributed by atoms with E-state index in [1.54, 1.807) is 6.92 Å². The van der Waals surface area contributed by atoms with Crippen LogP contribution in [0.2, 0.25) is 0 Å². The zero-order valence-electron chi connectivity index (χ0n) is 8.33. The maximum Gasteiger partial charge on any atom is 0.356 e. The van der Waals surface area contributed by atoms with E-state index in [2.05, 4.69) is 25.9 Å². The van der Waals surface area contributed by atoms with Crippen LogP contribution >= 0.6 is 15.9 Å². The van der Waals surface area contributed by atoms with Gasteiger partial charge in [0.1, 0.15) is 4.60 Å². The van der Waals surface area contributed by atoms with Crippen LogP contribution in [0.5, 0.6) is 0 Å². The van der Waals surface area contributed by atoms with Gasteiger partial charge < -0.3 is 10.8 Å². The molecule has 0 aliphatic carbocycles. The van der Waals surface area contributed by atoms with Crippen LogP contribution in [0.4, 0.5) is 0 Å². The van der Waals surface area contributed by atoms with Gasteiger partial charge in [-0.25, -0.2) is 9.78 Å². The number of carbonyl (C=O) groups is 1. The van der Waals surface area contributed by atoms with Crippen LogP contribution in [0.25, 0.3) is 0 Å². The largest absolute Gasteiger partial charge is 0.476 e. The van der Waals surface area contributed by atoms with E-state index in [4.69, 9.17) is 10.8 Å². The molecule has 1 rings (SSSR count). The molecule has 0 aromatic carbocycles. The summed E-state index contributed by atoms with van der Waals surface area (Å²) in [6, 6.07) is 0. The number of aromatic nitrogens is 2. The first kappa shape index (κ1) is 12.1. The first-order valence-corrected chi connectivity index (χ1v) is 5.32. The molecule has 0 saturated carbocycles. The summed E-state index contributed by atoms with van der Waals surface area (Å²) in [5.41, 5.74) is 6.55. The van der Waals surface area contributed by atoms with Gasteiger partial charge in [-0.3, -0.25) is 4.98 Å². The lowest BCUT2D eigenvalue weighted by Crippen LogP contribution is -2.11. The quantitative estimate of drug-likeness (QED) is 0.859. The second-order valence-corrected chi connectivity index (χ2v) is 3.84. The fraction of sp³-hybridized carbons (Fsp3) is 0.444. The Morgan fingerprint density at radius 1 is 1.53 bits per heavy atom. The van der Waals surface area contributed by atoms with Crippen molar-refractivity contribution in [3.05, 3.63) is 21.7 Å². The number of nitrogens with zero attached hydrogens (tertiary/aromatic N) is 2. The first-order chi connectivity index (χ1) is 7.06. The van der Waals surface area contributed by atoms with Gasteiger partial charge in [0.25, 0.3) is 0 Å². The summed E-state index contributed by atoms with van der Waals surface area (Å²) in [6.45, 7) is 2.28. The number of nitrogens with two attached hydrogens (primary N) is 1. The van der Waals surface area contributed by atoms with Gasteiger partial charge in [-0.05, 0) is 42.2 Å². The van der Waals surface area contributed by atoms with Crippen LogP contribution in [0.15, 0.2) is 4.60 Å². The lowest BCUT2D eigenvalue weighted by Gasteiger charge is -2.06. The predicted molar refractivity (Wildman–Crippen MR) is 58.8 cm³/mol. The number of hydrogen-bond acceptors (Lipinski definition) is 4. The molecule has 0 radical (unpaired) electrons. The summed E-state index contributed by atoms with van der Waals surface area (Å²) in [4.78, 5) is 19.0. The highest BCUT2D eigenvalue weighted by Crippen LogP contribution is 2.15. The van der Waals surface area contributed by atoms with Crippen molar-refractivity contribution in [3.8, 4) is 0 Å². The summed E-state index contributed by atoms with van der Waals surface area (Å²) in [5, 5.41) is 8.93. The Balaban J connectivity index is 3.10. The summed E-state index contributed by atoms with van der Waals surface area (Å²) in [5.74, 6) is -1.06. The Hall–Kier alpha value is -1.01. The second-order valence-electron chi connectivity index (χ2n) is 3.09. The Morgan fingerprint density at radius 3 is 2.73 bits per heavy atom. The maximum atomic E-state index is 10.9. The van der Waals surface area contributed by atoms with E-state index in [1.165, 1.54) is 0 Å². The monoisotopic (exact) mass is 273 g/mol. The molecule has 0 aliphatic rings. The lowest BCUT2D eigenvalue weighted by molar-refractivity contribution is 0.0688. The van der Waals surface area contributed by atoms with Gasteiger partial charge in [0.2, 0.25) is 0 Å². The molecule has 0 atom stereocenters. The number of aryl methyl sites for hydroxylation is 2. The van der Waals surface area contributed by atoms with Crippen LogP contribution in [-0.4, -0.2) is 27.6 Å². The molecule has 1 aromatic heterocycles. The van der Waals surface area contributed by atoms with Crippen molar-refractivity contribution >= 4 is 21.9 Å². The third kappa shape index (κ3) is 2.97. The van der Waals surface area contributed by atoms with Crippen molar-refractivity contribution in [2.75, 3.05) is 6.54 Å². The average Bonchev–Trinajstić information content (AvgIpc) is 2.19. The van der Waals surface area contributed by atoms with E-state index in [9.17, 15) is 4.79 Å². The SMILES string of the molecule is Cc1nc(CCCN)c(C(=O)O)nc1Br. The van der Waals surface area contributed by atoms with Gasteiger partial charge in [0, 0.05) is 0 Å². The molecule has 0 fully saturated rings. The number of carboxylic acids is 1. The fourth-order valence-electron chi connectivity index (χ4n) is 1.16. The third-order valence-corrected chi connectivity index (χ3v) is 2.66. The number of halogens is 1. The molecular formula is C9H12BrN3O2. The van der Waals surface area contributed by atoms with E-state index >= 15 is 0 Å². The zero-order valence-corrected chi connectivity index (χ0v) is 9.91. The minimum atomic E-state index is -1.06. The standard InChI is InChI=1S/C9H12BrN3O2/c1-5-8(10)13-7(9(14)15)6(12-5)3-2-4-11/h2-4,11H2,1H3,(H,14,15). The maximum absolute atomic E-state index is 10.9. The van der Waals surface area contributed by atoms with E-state index in [0.29, 0.717) is 35.4 Å². The van der Waals surface area contributed by atoms with Gasteiger partial charge in [0.05, 0.1) is 11.4 Å². The van der Waals surface area contributed by atoms with Crippen molar-refractivity contribution in [3.63, 3.8) is 0 Å². The number of hydrogen-bond donors (Lipinski definition) is 2. The Labute approximate surface area is 95.9 Å². The average molecular weight is 274 g/mol. The van der Waals surface area contributed by atoms with Crippen LogP contribution < -0.4 is 5.73 Å². The van der Waals surface area contributed by atoms with Gasteiger partial charge in [0.15, 0.2) is 5.69 Å². The van der Waals surface area contributed by atoms with Crippen molar-refractivity contribution < 1.29 is 9.90 Å². The van der Waals surface area contributed by atoms with Gasteiger partial charge in [-0.2, -0.15) is 0 Å². The lowest BCUT2D eigenvalue weighted by atomic mass is 10.2. The molecule has 0 bridgehead atoms. The van der Waals surface area contributed by atoms with E-state index in [-0.39, 0.29) is 5.69 Å². The fourth-order valence-corrected chi connectivity index (χ4v) is 1.43. The normalized spacial score (nSPS) is 10.3. The van der Waals surface area contributed by atoms with E-state index < -0.39 is 5.97 Å². The molecule has 0 unspecified atom stereocenters. The summed E-state index contributed by atoms with van der Waals surface area (Å²) in [7, 11) is 0. The minimum absolute atomic E-state index is 0.000856. The molecule has 1 aromatic rings. The third-order valence-electron chi connectivity index (χ3n) is 1.90. The molecule has 0 spiro atoms. The highest BCUT2D eigenvalue weighted by molar-refractivity contribution is 9.10. The highest BCUT2D eigenvalue weighted by Gasteiger charge is 2.15. The summed E-state index contributed by atoms with van der Waals surface area (Å²) >= 11 is 3.16. The first-order valence-electron chi connectivity index (χ1n) is 4.52. The summed E-state index contributed by atoms with van der Waals surface area (Å²) < 4.78 is 0.469. The molecule has 0 amide bonds. The van der Waals surface area contributed by atoms with Crippen molar-refractivity contribution in [1.82, 2.24) is 9.97 Å². The number of aromatic carboxylic acids is 1. The van der Waals surface area contributed by atoms with Gasteiger partial charge in [-0.1, -0.05) is 0 Å². The van der Waals surface area contributed by atoms with Crippen molar-refractivity contribution in [2.24, 2.45) is 5.73 Å².